The molecule has 0 aromatic carbocycles. The maximum atomic E-state index is 11.4. The van der Waals surface area contributed by atoms with Crippen molar-refractivity contribution in [1.82, 2.24) is 14.9 Å². The van der Waals surface area contributed by atoms with Crippen LogP contribution < -0.4 is 5.32 Å². The zero-order valence-corrected chi connectivity index (χ0v) is 10.8. The first-order valence-corrected chi connectivity index (χ1v) is 4.66. The van der Waals surface area contributed by atoms with Gasteiger partial charge >= 0.3 is 5.97 Å². The number of nitrogens with zero attached hydrogens (tertiary/aromatic N) is 2. The second-order valence-corrected chi connectivity index (χ2v) is 3.21. The summed E-state index contributed by atoms with van der Waals surface area (Å²) in [5.74, 6) is 0.0581. The van der Waals surface area contributed by atoms with E-state index in [1.165, 1.54) is 0 Å². The minimum atomic E-state index is -0.343. The highest BCUT2D eigenvalue weighted by molar-refractivity contribution is 5.86. The average molecular weight is 268 g/mol. The Morgan fingerprint density at radius 2 is 2.19 bits per heavy atom. The van der Waals surface area contributed by atoms with E-state index in [0.29, 0.717) is 12.4 Å². The number of aromatic nitrogens is 2. The number of hydrogen-bond donors (Lipinski definition) is 1. The summed E-state index contributed by atoms with van der Waals surface area (Å²) >= 11 is 0. The molecule has 0 saturated heterocycles. The Bertz CT molecular complexity index is 379. The predicted molar refractivity (Wildman–Crippen MR) is 64.2 cm³/mol. The Kier molecular flexibility index (Phi) is 5.78. The standard InChI is InChI=1S/C9H13N3O2.2ClH/c1-3-14-9(13)8-11-6-4-10-5-7(6)12(8)2;;/h10H,3-5H2,1-2H3;2*1H. The van der Waals surface area contributed by atoms with Crippen LogP contribution in [0.4, 0.5) is 0 Å². The lowest BCUT2D eigenvalue weighted by Gasteiger charge is -2.03. The van der Waals surface area contributed by atoms with E-state index in [9.17, 15) is 4.79 Å². The molecule has 5 nitrogen and oxygen atoms in total. The van der Waals surface area contributed by atoms with Crippen molar-refractivity contribution >= 4 is 30.8 Å². The zero-order valence-electron chi connectivity index (χ0n) is 9.15. The van der Waals surface area contributed by atoms with E-state index < -0.39 is 0 Å². The molecule has 1 aromatic rings. The predicted octanol–water partition coefficient (Wildman–Crippen LogP) is 1.04. The lowest BCUT2D eigenvalue weighted by atomic mass is 10.4. The number of carbonyl (C=O) groups is 1. The van der Waals surface area contributed by atoms with Crippen molar-refractivity contribution in [2.24, 2.45) is 7.05 Å². The fraction of sp³-hybridized carbons (Fsp3) is 0.556. The summed E-state index contributed by atoms with van der Waals surface area (Å²) in [5.41, 5.74) is 2.03. The van der Waals surface area contributed by atoms with Gasteiger partial charge in [-0.15, -0.1) is 24.8 Å². The molecule has 1 aliphatic heterocycles. The lowest BCUT2D eigenvalue weighted by molar-refractivity contribution is 0.0507. The summed E-state index contributed by atoms with van der Waals surface area (Å²) in [6, 6.07) is 0. The van der Waals surface area contributed by atoms with Gasteiger partial charge in [-0.3, -0.25) is 0 Å². The van der Waals surface area contributed by atoms with Crippen LogP contribution in [0.1, 0.15) is 28.9 Å². The molecule has 0 spiro atoms. The largest absolute Gasteiger partial charge is 0.460 e. The fourth-order valence-corrected chi connectivity index (χ4v) is 1.63. The van der Waals surface area contributed by atoms with Crippen LogP contribution in [0, 0.1) is 0 Å². The monoisotopic (exact) mass is 267 g/mol. The van der Waals surface area contributed by atoms with Crippen molar-refractivity contribution < 1.29 is 9.53 Å². The van der Waals surface area contributed by atoms with Crippen molar-refractivity contribution in [3.05, 3.63) is 17.2 Å². The van der Waals surface area contributed by atoms with Crippen molar-refractivity contribution in [3.8, 4) is 0 Å². The Morgan fingerprint density at radius 1 is 1.50 bits per heavy atom. The van der Waals surface area contributed by atoms with Gasteiger partial charge in [0, 0.05) is 20.1 Å². The Balaban J connectivity index is 0.00000112. The molecule has 0 radical (unpaired) electrons. The van der Waals surface area contributed by atoms with Crippen LogP contribution in [0.25, 0.3) is 0 Å². The van der Waals surface area contributed by atoms with E-state index in [2.05, 4.69) is 10.3 Å². The highest BCUT2D eigenvalue weighted by atomic mass is 35.5. The molecule has 1 aliphatic rings. The summed E-state index contributed by atoms with van der Waals surface area (Å²) in [4.78, 5) is 15.7. The second kappa shape index (κ2) is 6.08. The van der Waals surface area contributed by atoms with Crippen molar-refractivity contribution in [3.63, 3.8) is 0 Å². The van der Waals surface area contributed by atoms with Crippen molar-refractivity contribution in [1.29, 1.82) is 0 Å². The third kappa shape index (κ3) is 2.48. The van der Waals surface area contributed by atoms with Crippen LogP contribution in [0.3, 0.4) is 0 Å². The molecule has 92 valence electrons. The number of hydrogen-bond acceptors (Lipinski definition) is 4. The molecule has 7 heteroatoms. The summed E-state index contributed by atoms with van der Waals surface area (Å²) in [6.45, 7) is 3.69. The van der Waals surface area contributed by atoms with Gasteiger partial charge in [0.25, 0.3) is 0 Å². The number of rotatable bonds is 2. The van der Waals surface area contributed by atoms with E-state index in [1.54, 1.807) is 11.5 Å². The van der Waals surface area contributed by atoms with Gasteiger partial charge in [0.1, 0.15) is 0 Å². The van der Waals surface area contributed by atoms with Gasteiger partial charge in [0.2, 0.25) is 5.82 Å². The van der Waals surface area contributed by atoms with Gasteiger partial charge in [0.05, 0.1) is 18.0 Å². The third-order valence-electron chi connectivity index (χ3n) is 2.34. The van der Waals surface area contributed by atoms with Gasteiger partial charge in [0.15, 0.2) is 0 Å². The molecule has 16 heavy (non-hydrogen) atoms. The second-order valence-electron chi connectivity index (χ2n) is 3.21. The van der Waals surface area contributed by atoms with E-state index >= 15 is 0 Å². The van der Waals surface area contributed by atoms with Crippen molar-refractivity contribution in [2.45, 2.75) is 20.0 Å². The fourth-order valence-electron chi connectivity index (χ4n) is 1.63. The number of carbonyl (C=O) groups excluding carboxylic acids is 1. The molecule has 2 rings (SSSR count). The molecule has 1 N–H and O–H groups in total. The maximum Gasteiger partial charge on any atom is 0.374 e. The number of ether oxygens (including phenoxy) is 1. The van der Waals surface area contributed by atoms with Crippen LogP contribution in [0.2, 0.25) is 0 Å². The van der Waals surface area contributed by atoms with Crippen molar-refractivity contribution in [2.75, 3.05) is 6.61 Å². The topological polar surface area (TPSA) is 56.1 Å². The SMILES string of the molecule is CCOC(=O)c1nc2c(n1C)CNC2.Cl.Cl. The molecule has 2 heterocycles. The molecule has 0 bridgehead atoms. The molecule has 0 aliphatic carbocycles. The molecule has 0 atom stereocenters. The van der Waals surface area contributed by atoms with Gasteiger partial charge in [-0.1, -0.05) is 0 Å². The highest BCUT2D eigenvalue weighted by Gasteiger charge is 2.23. The minimum Gasteiger partial charge on any atom is -0.460 e. The molecule has 0 saturated carbocycles. The third-order valence-corrected chi connectivity index (χ3v) is 2.34. The van der Waals surface area contributed by atoms with E-state index in [4.69, 9.17) is 4.74 Å². The van der Waals surface area contributed by atoms with Crippen LogP contribution >= 0.6 is 24.8 Å². The number of imidazole rings is 1. The Hall–Kier alpha value is -0.780. The van der Waals surface area contributed by atoms with Crippen LogP contribution in [0.5, 0.6) is 0 Å². The Morgan fingerprint density at radius 3 is 2.75 bits per heavy atom. The first-order chi connectivity index (χ1) is 6.74. The van der Waals surface area contributed by atoms with E-state index in [-0.39, 0.29) is 30.8 Å². The number of fused-ring (bicyclic) bond motifs is 1. The number of nitrogens with one attached hydrogen (secondary N) is 1. The molecule has 0 amide bonds. The maximum absolute atomic E-state index is 11.4. The summed E-state index contributed by atoms with van der Waals surface area (Å²) in [7, 11) is 1.84. The minimum absolute atomic E-state index is 0. The van der Waals surface area contributed by atoms with Crippen LogP contribution in [-0.4, -0.2) is 22.1 Å². The summed E-state index contributed by atoms with van der Waals surface area (Å²) in [6.07, 6.45) is 0. The van der Waals surface area contributed by atoms with Crippen LogP contribution in [-0.2, 0) is 24.9 Å². The first kappa shape index (κ1) is 15.2. The number of esters is 1. The quantitative estimate of drug-likeness (QED) is 0.814. The Labute approximate surface area is 106 Å². The molecular weight excluding hydrogens is 253 g/mol. The summed E-state index contributed by atoms with van der Waals surface area (Å²) in [5, 5.41) is 3.17. The lowest BCUT2D eigenvalue weighted by Crippen LogP contribution is -2.14. The molecular formula is C9H15Cl2N3O2. The van der Waals surface area contributed by atoms with Gasteiger partial charge in [-0.25, -0.2) is 9.78 Å². The average Bonchev–Trinajstić information content (AvgIpc) is 2.69. The molecule has 1 aromatic heterocycles. The first-order valence-electron chi connectivity index (χ1n) is 4.66. The highest BCUT2D eigenvalue weighted by Crippen LogP contribution is 2.15. The smallest absolute Gasteiger partial charge is 0.374 e. The van der Waals surface area contributed by atoms with Gasteiger partial charge in [-0.05, 0) is 6.92 Å². The van der Waals surface area contributed by atoms with Gasteiger partial charge < -0.3 is 14.6 Å². The molecule has 0 unspecified atom stereocenters. The van der Waals surface area contributed by atoms with E-state index in [0.717, 1.165) is 24.5 Å². The molecule has 0 fully saturated rings. The zero-order chi connectivity index (χ0) is 10.1. The summed E-state index contributed by atoms with van der Waals surface area (Å²) < 4.78 is 6.70. The van der Waals surface area contributed by atoms with Gasteiger partial charge in [-0.2, -0.15) is 0 Å². The number of halogens is 2. The van der Waals surface area contributed by atoms with E-state index in [1.807, 2.05) is 7.05 Å². The van der Waals surface area contributed by atoms with Crippen LogP contribution in [0.15, 0.2) is 0 Å². The normalized spacial score (nSPS) is 12.4.